The zero-order valence-corrected chi connectivity index (χ0v) is 12.9. The standard InChI is InChI=1S/C17H27NO2/c1-4-10-18(13-17(19)20)12-16(11-14(2)3)15-8-6-5-7-9-15/h5-9,14,16H,4,10-13H2,1-3H3,(H,19,20). The van der Waals surface area contributed by atoms with Gasteiger partial charge in [0.25, 0.3) is 0 Å². The van der Waals surface area contributed by atoms with Crippen LogP contribution < -0.4 is 0 Å². The number of hydrogen-bond acceptors (Lipinski definition) is 2. The maximum Gasteiger partial charge on any atom is 0.317 e. The number of rotatable bonds is 9. The third kappa shape index (κ3) is 6.20. The van der Waals surface area contributed by atoms with Gasteiger partial charge in [0.1, 0.15) is 0 Å². The van der Waals surface area contributed by atoms with Crippen molar-refractivity contribution >= 4 is 5.97 Å². The van der Waals surface area contributed by atoms with Crippen molar-refractivity contribution < 1.29 is 9.90 Å². The van der Waals surface area contributed by atoms with Crippen molar-refractivity contribution in [1.29, 1.82) is 0 Å². The molecule has 0 saturated heterocycles. The number of hydrogen-bond donors (Lipinski definition) is 1. The number of nitrogens with zero attached hydrogens (tertiary/aromatic N) is 1. The summed E-state index contributed by atoms with van der Waals surface area (Å²) < 4.78 is 0. The number of carbonyl (C=O) groups is 1. The molecule has 0 bridgehead atoms. The Balaban J connectivity index is 2.79. The first kappa shape index (κ1) is 16.7. The summed E-state index contributed by atoms with van der Waals surface area (Å²) in [5.41, 5.74) is 1.31. The van der Waals surface area contributed by atoms with E-state index in [4.69, 9.17) is 5.11 Å². The fourth-order valence-corrected chi connectivity index (χ4v) is 2.66. The van der Waals surface area contributed by atoms with E-state index in [-0.39, 0.29) is 6.54 Å². The van der Waals surface area contributed by atoms with Crippen LogP contribution in [-0.4, -0.2) is 35.6 Å². The van der Waals surface area contributed by atoms with Crippen LogP contribution >= 0.6 is 0 Å². The lowest BCUT2D eigenvalue weighted by Gasteiger charge is -2.27. The van der Waals surface area contributed by atoms with Gasteiger partial charge in [-0.15, -0.1) is 0 Å². The minimum Gasteiger partial charge on any atom is -0.480 e. The molecular weight excluding hydrogens is 250 g/mol. The van der Waals surface area contributed by atoms with Crippen LogP contribution in [-0.2, 0) is 4.79 Å². The summed E-state index contributed by atoms with van der Waals surface area (Å²) in [6.07, 6.45) is 2.07. The molecule has 0 aromatic heterocycles. The molecule has 1 aromatic rings. The summed E-state index contributed by atoms with van der Waals surface area (Å²) >= 11 is 0. The van der Waals surface area contributed by atoms with E-state index in [1.54, 1.807) is 0 Å². The van der Waals surface area contributed by atoms with Crippen molar-refractivity contribution in [2.45, 2.75) is 39.5 Å². The van der Waals surface area contributed by atoms with Gasteiger partial charge in [-0.3, -0.25) is 9.69 Å². The molecule has 0 amide bonds. The van der Waals surface area contributed by atoms with Crippen LogP contribution in [0.5, 0.6) is 0 Å². The summed E-state index contributed by atoms with van der Waals surface area (Å²) in [6, 6.07) is 10.4. The topological polar surface area (TPSA) is 40.5 Å². The van der Waals surface area contributed by atoms with Crippen molar-refractivity contribution in [2.24, 2.45) is 5.92 Å². The van der Waals surface area contributed by atoms with E-state index in [2.05, 4.69) is 49.9 Å². The van der Waals surface area contributed by atoms with Crippen molar-refractivity contribution in [2.75, 3.05) is 19.6 Å². The van der Waals surface area contributed by atoms with Gasteiger partial charge in [-0.25, -0.2) is 0 Å². The molecule has 0 spiro atoms. The smallest absolute Gasteiger partial charge is 0.317 e. The van der Waals surface area contributed by atoms with Crippen LogP contribution in [0.15, 0.2) is 30.3 Å². The van der Waals surface area contributed by atoms with Crippen molar-refractivity contribution in [3.8, 4) is 0 Å². The van der Waals surface area contributed by atoms with E-state index in [0.29, 0.717) is 11.8 Å². The van der Waals surface area contributed by atoms with E-state index in [1.807, 2.05) is 6.07 Å². The average Bonchev–Trinajstić information content (AvgIpc) is 2.38. The summed E-state index contributed by atoms with van der Waals surface area (Å²) in [7, 11) is 0. The summed E-state index contributed by atoms with van der Waals surface area (Å²) in [5.74, 6) is 0.269. The van der Waals surface area contributed by atoms with E-state index < -0.39 is 5.97 Å². The van der Waals surface area contributed by atoms with Gasteiger partial charge >= 0.3 is 5.97 Å². The Labute approximate surface area is 122 Å². The maximum absolute atomic E-state index is 11.0. The molecule has 3 nitrogen and oxygen atoms in total. The summed E-state index contributed by atoms with van der Waals surface area (Å²) in [4.78, 5) is 13.0. The molecule has 3 heteroatoms. The first-order chi connectivity index (χ1) is 9.52. The monoisotopic (exact) mass is 277 g/mol. The van der Waals surface area contributed by atoms with Crippen LogP contribution in [0.25, 0.3) is 0 Å². The Bertz CT molecular complexity index is 389. The lowest BCUT2D eigenvalue weighted by atomic mass is 9.90. The molecular formula is C17H27NO2. The van der Waals surface area contributed by atoms with Gasteiger partial charge in [0.05, 0.1) is 6.54 Å². The normalized spacial score (nSPS) is 12.8. The molecule has 0 aliphatic carbocycles. The van der Waals surface area contributed by atoms with E-state index in [0.717, 1.165) is 25.9 Å². The van der Waals surface area contributed by atoms with Crippen molar-refractivity contribution in [3.05, 3.63) is 35.9 Å². The molecule has 0 saturated carbocycles. The minimum absolute atomic E-state index is 0.134. The predicted octanol–water partition coefficient (Wildman–Crippen LogP) is 3.61. The van der Waals surface area contributed by atoms with Gasteiger partial charge in [0.2, 0.25) is 0 Å². The highest BCUT2D eigenvalue weighted by Gasteiger charge is 2.18. The van der Waals surface area contributed by atoms with Gasteiger partial charge in [-0.2, -0.15) is 0 Å². The molecule has 1 atom stereocenters. The zero-order chi connectivity index (χ0) is 15.0. The fourth-order valence-electron chi connectivity index (χ4n) is 2.66. The van der Waals surface area contributed by atoms with Gasteiger partial charge in [0, 0.05) is 6.54 Å². The Morgan fingerprint density at radius 2 is 1.90 bits per heavy atom. The highest BCUT2D eigenvalue weighted by molar-refractivity contribution is 5.69. The Morgan fingerprint density at radius 1 is 1.25 bits per heavy atom. The van der Waals surface area contributed by atoms with Crippen LogP contribution in [0.2, 0.25) is 0 Å². The van der Waals surface area contributed by atoms with Crippen LogP contribution in [0.4, 0.5) is 0 Å². The average molecular weight is 277 g/mol. The molecule has 20 heavy (non-hydrogen) atoms. The Hall–Kier alpha value is -1.35. The molecule has 1 aromatic carbocycles. The Kier molecular flexibility index (Phi) is 7.31. The summed E-state index contributed by atoms with van der Waals surface area (Å²) in [5, 5.41) is 9.03. The van der Waals surface area contributed by atoms with Gasteiger partial charge in [-0.05, 0) is 36.8 Å². The van der Waals surface area contributed by atoms with E-state index in [9.17, 15) is 4.79 Å². The Morgan fingerprint density at radius 3 is 2.40 bits per heavy atom. The first-order valence-corrected chi connectivity index (χ1v) is 7.52. The summed E-state index contributed by atoms with van der Waals surface area (Å²) in [6.45, 7) is 8.33. The molecule has 0 heterocycles. The van der Waals surface area contributed by atoms with Crippen molar-refractivity contribution in [1.82, 2.24) is 4.90 Å². The number of benzene rings is 1. The molecule has 0 aliphatic rings. The highest BCUT2D eigenvalue weighted by Crippen LogP contribution is 2.24. The third-order valence-electron chi connectivity index (χ3n) is 3.40. The molecule has 0 radical (unpaired) electrons. The zero-order valence-electron chi connectivity index (χ0n) is 12.9. The highest BCUT2D eigenvalue weighted by atomic mass is 16.4. The van der Waals surface area contributed by atoms with Gasteiger partial charge < -0.3 is 5.11 Å². The number of aliphatic carboxylic acids is 1. The largest absolute Gasteiger partial charge is 0.480 e. The van der Waals surface area contributed by atoms with E-state index >= 15 is 0 Å². The lowest BCUT2D eigenvalue weighted by molar-refractivity contribution is -0.138. The van der Waals surface area contributed by atoms with Crippen molar-refractivity contribution in [3.63, 3.8) is 0 Å². The molecule has 1 unspecified atom stereocenters. The number of carboxylic acid groups (broad SMARTS) is 1. The second kappa shape index (κ2) is 8.75. The lowest BCUT2D eigenvalue weighted by Crippen LogP contribution is -2.34. The van der Waals surface area contributed by atoms with Crippen LogP contribution in [0.1, 0.15) is 45.1 Å². The molecule has 0 fully saturated rings. The SMILES string of the molecule is CCCN(CC(=O)O)CC(CC(C)C)c1ccccc1. The quantitative estimate of drug-likeness (QED) is 0.749. The molecule has 112 valence electrons. The number of carboxylic acids is 1. The fraction of sp³-hybridized carbons (Fsp3) is 0.588. The van der Waals surface area contributed by atoms with E-state index in [1.165, 1.54) is 5.56 Å². The molecule has 1 N–H and O–H groups in total. The second-order valence-corrected chi connectivity index (χ2v) is 5.87. The van der Waals surface area contributed by atoms with Gasteiger partial charge in [0.15, 0.2) is 0 Å². The van der Waals surface area contributed by atoms with Gasteiger partial charge in [-0.1, -0.05) is 51.1 Å². The molecule has 0 aliphatic heterocycles. The maximum atomic E-state index is 11.0. The van der Waals surface area contributed by atoms with Crippen LogP contribution in [0, 0.1) is 5.92 Å². The minimum atomic E-state index is -0.741. The first-order valence-electron chi connectivity index (χ1n) is 7.52. The van der Waals surface area contributed by atoms with Crippen LogP contribution in [0.3, 0.4) is 0 Å². The third-order valence-corrected chi connectivity index (χ3v) is 3.40. The second-order valence-electron chi connectivity index (χ2n) is 5.87. The molecule has 1 rings (SSSR count). The predicted molar refractivity (Wildman–Crippen MR) is 83.0 cm³/mol.